The number of nitrogens with one attached hydrogen (secondary N) is 1. The number of benzene rings is 1. The molecular formula is C13H15NO6. The predicted molar refractivity (Wildman–Crippen MR) is 68.4 cm³/mol. The van der Waals surface area contributed by atoms with Crippen molar-refractivity contribution in [1.29, 1.82) is 0 Å². The van der Waals surface area contributed by atoms with Gasteiger partial charge in [0.25, 0.3) is 5.91 Å². The van der Waals surface area contributed by atoms with E-state index in [1.807, 2.05) is 0 Å². The van der Waals surface area contributed by atoms with Crippen LogP contribution in [0.25, 0.3) is 0 Å². The molecule has 7 nitrogen and oxygen atoms in total. The van der Waals surface area contributed by atoms with E-state index < -0.39 is 36.4 Å². The van der Waals surface area contributed by atoms with Crippen molar-refractivity contribution >= 4 is 17.8 Å². The lowest BCUT2D eigenvalue weighted by molar-refractivity contribution is -0.147. The summed E-state index contributed by atoms with van der Waals surface area (Å²) >= 11 is 0. The fourth-order valence-electron chi connectivity index (χ4n) is 1.42. The minimum absolute atomic E-state index is 0.459. The van der Waals surface area contributed by atoms with Crippen molar-refractivity contribution in [2.45, 2.75) is 25.5 Å². The lowest BCUT2D eigenvalue weighted by Gasteiger charge is -2.17. The fourth-order valence-corrected chi connectivity index (χ4v) is 1.42. The van der Waals surface area contributed by atoms with Gasteiger partial charge in [-0.15, -0.1) is 0 Å². The number of carbonyl (C=O) groups excluding carboxylic acids is 1. The molecule has 0 aliphatic rings. The highest BCUT2D eigenvalue weighted by Gasteiger charge is 2.26. The van der Waals surface area contributed by atoms with Gasteiger partial charge in [-0.1, -0.05) is 18.2 Å². The van der Waals surface area contributed by atoms with Crippen LogP contribution in [0.5, 0.6) is 5.75 Å². The van der Waals surface area contributed by atoms with Crippen molar-refractivity contribution in [2.75, 3.05) is 0 Å². The van der Waals surface area contributed by atoms with E-state index in [9.17, 15) is 14.4 Å². The summed E-state index contributed by atoms with van der Waals surface area (Å²) < 4.78 is 5.31. The molecule has 0 aliphatic heterocycles. The van der Waals surface area contributed by atoms with Crippen LogP contribution < -0.4 is 10.1 Å². The summed E-state index contributed by atoms with van der Waals surface area (Å²) in [6.07, 6.45) is -1.63. The first kappa shape index (κ1) is 15.5. The molecule has 0 heterocycles. The molecule has 0 spiro atoms. The van der Waals surface area contributed by atoms with Crippen molar-refractivity contribution in [1.82, 2.24) is 5.32 Å². The van der Waals surface area contributed by atoms with E-state index in [1.165, 1.54) is 6.92 Å². The number of amides is 1. The van der Waals surface area contributed by atoms with Gasteiger partial charge >= 0.3 is 11.9 Å². The van der Waals surface area contributed by atoms with Gasteiger partial charge in [-0.3, -0.25) is 9.59 Å². The molecule has 1 amide bonds. The van der Waals surface area contributed by atoms with Crippen LogP contribution in [-0.2, 0) is 14.4 Å². The largest absolute Gasteiger partial charge is 0.481 e. The Morgan fingerprint density at radius 2 is 1.80 bits per heavy atom. The summed E-state index contributed by atoms with van der Waals surface area (Å²) in [6.45, 7) is 1.45. The number of carboxylic acids is 2. The molecule has 0 saturated heterocycles. The van der Waals surface area contributed by atoms with Crippen molar-refractivity contribution in [3.05, 3.63) is 30.3 Å². The quantitative estimate of drug-likeness (QED) is 0.670. The predicted octanol–water partition coefficient (Wildman–Crippen LogP) is 0.498. The number of hydrogen-bond donors (Lipinski definition) is 3. The van der Waals surface area contributed by atoms with Crippen molar-refractivity contribution in [3.8, 4) is 5.75 Å². The fraction of sp³-hybridized carbons (Fsp3) is 0.308. The molecule has 1 aromatic carbocycles. The number of carbonyl (C=O) groups is 3. The molecule has 20 heavy (non-hydrogen) atoms. The maximum absolute atomic E-state index is 11.8. The van der Waals surface area contributed by atoms with Gasteiger partial charge in [0.15, 0.2) is 6.10 Å². The minimum atomic E-state index is -1.48. The zero-order valence-electron chi connectivity index (χ0n) is 10.8. The highest BCUT2D eigenvalue weighted by Crippen LogP contribution is 2.10. The molecule has 0 fully saturated rings. The van der Waals surface area contributed by atoms with E-state index in [-0.39, 0.29) is 0 Å². The Labute approximate surface area is 115 Å². The molecule has 7 heteroatoms. The molecule has 0 saturated carbocycles. The number of ether oxygens (including phenoxy) is 1. The zero-order valence-corrected chi connectivity index (χ0v) is 10.8. The number of para-hydroxylation sites is 1. The lowest BCUT2D eigenvalue weighted by atomic mass is 10.2. The average molecular weight is 281 g/mol. The van der Waals surface area contributed by atoms with Crippen LogP contribution in [0.4, 0.5) is 0 Å². The zero-order chi connectivity index (χ0) is 15.1. The number of hydrogen-bond acceptors (Lipinski definition) is 4. The van der Waals surface area contributed by atoms with E-state index in [4.69, 9.17) is 14.9 Å². The third kappa shape index (κ3) is 4.97. The van der Waals surface area contributed by atoms with Gasteiger partial charge in [0.1, 0.15) is 11.8 Å². The van der Waals surface area contributed by atoms with E-state index in [0.717, 1.165) is 0 Å². The smallest absolute Gasteiger partial charge is 0.326 e. The standard InChI is InChI=1S/C13H15NO6/c1-8(20-9-5-3-2-4-6-9)12(17)14-10(13(18)19)7-11(15)16/h2-6,8,10H,7H2,1H3,(H,14,17)(H,15,16)(H,18,19)/t8?,10-/m0/s1. The summed E-state index contributed by atoms with van der Waals surface area (Å²) in [5.74, 6) is -2.95. The third-order valence-corrected chi connectivity index (χ3v) is 2.42. The normalized spacial score (nSPS) is 13.1. The Morgan fingerprint density at radius 3 is 2.30 bits per heavy atom. The first-order valence-electron chi connectivity index (χ1n) is 5.87. The molecular weight excluding hydrogens is 266 g/mol. The van der Waals surface area contributed by atoms with Crippen LogP contribution in [0.15, 0.2) is 30.3 Å². The summed E-state index contributed by atoms with van der Waals surface area (Å²) in [5.41, 5.74) is 0. The number of aliphatic carboxylic acids is 2. The Balaban J connectivity index is 2.59. The molecule has 1 unspecified atom stereocenters. The first-order chi connectivity index (χ1) is 9.40. The molecule has 0 bridgehead atoms. The second kappa shape index (κ2) is 7.13. The van der Waals surface area contributed by atoms with Crippen LogP contribution >= 0.6 is 0 Å². The summed E-state index contributed by atoms with van der Waals surface area (Å²) in [6, 6.07) is 7.05. The maximum Gasteiger partial charge on any atom is 0.326 e. The van der Waals surface area contributed by atoms with Gasteiger partial charge in [0, 0.05) is 0 Å². The van der Waals surface area contributed by atoms with Gasteiger partial charge in [0.05, 0.1) is 6.42 Å². The van der Waals surface area contributed by atoms with Crippen LogP contribution in [0, 0.1) is 0 Å². The SMILES string of the molecule is CC(Oc1ccccc1)C(=O)N[C@@H](CC(=O)O)C(=O)O. The molecule has 1 aromatic rings. The molecule has 0 aliphatic carbocycles. The van der Waals surface area contributed by atoms with Crippen molar-refractivity contribution in [3.63, 3.8) is 0 Å². The van der Waals surface area contributed by atoms with E-state index in [2.05, 4.69) is 5.32 Å². The Bertz CT molecular complexity index is 487. The third-order valence-electron chi connectivity index (χ3n) is 2.42. The van der Waals surface area contributed by atoms with Gasteiger partial charge in [-0.2, -0.15) is 0 Å². The van der Waals surface area contributed by atoms with E-state index in [1.54, 1.807) is 30.3 Å². The molecule has 108 valence electrons. The summed E-state index contributed by atoms with van der Waals surface area (Å²) in [4.78, 5) is 33.1. The molecule has 0 aromatic heterocycles. The van der Waals surface area contributed by atoms with Crippen molar-refractivity contribution in [2.24, 2.45) is 0 Å². The Kier molecular flexibility index (Phi) is 5.52. The van der Waals surface area contributed by atoms with Gasteiger partial charge in [0.2, 0.25) is 0 Å². The highest BCUT2D eigenvalue weighted by atomic mass is 16.5. The summed E-state index contributed by atoms with van der Waals surface area (Å²) in [5, 5.41) is 19.5. The second-order valence-electron chi connectivity index (χ2n) is 4.07. The van der Waals surface area contributed by atoms with Gasteiger partial charge < -0.3 is 20.3 Å². The lowest BCUT2D eigenvalue weighted by Crippen LogP contribution is -2.47. The van der Waals surface area contributed by atoms with Crippen LogP contribution in [-0.4, -0.2) is 40.2 Å². The van der Waals surface area contributed by atoms with Gasteiger partial charge in [-0.25, -0.2) is 4.79 Å². The Morgan fingerprint density at radius 1 is 1.20 bits per heavy atom. The molecule has 3 N–H and O–H groups in total. The number of rotatable bonds is 7. The first-order valence-corrected chi connectivity index (χ1v) is 5.87. The monoisotopic (exact) mass is 281 g/mol. The highest BCUT2D eigenvalue weighted by molar-refractivity contribution is 5.88. The van der Waals surface area contributed by atoms with E-state index in [0.29, 0.717) is 5.75 Å². The minimum Gasteiger partial charge on any atom is -0.481 e. The summed E-state index contributed by atoms with van der Waals surface area (Å²) in [7, 11) is 0. The second-order valence-corrected chi connectivity index (χ2v) is 4.07. The van der Waals surface area contributed by atoms with Crippen LogP contribution in [0.1, 0.15) is 13.3 Å². The van der Waals surface area contributed by atoms with Gasteiger partial charge in [-0.05, 0) is 19.1 Å². The maximum atomic E-state index is 11.8. The topological polar surface area (TPSA) is 113 Å². The Hall–Kier alpha value is -2.57. The molecule has 2 atom stereocenters. The average Bonchev–Trinajstić information content (AvgIpc) is 2.38. The van der Waals surface area contributed by atoms with Crippen molar-refractivity contribution < 1.29 is 29.3 Å². The molecule has 1 rings (SSSR count). The number of carboxylic acid groups (broad SMARTS) is 2. The van der Waals surface area contributed by atoms with Crippen LogP contribution in [0.3, 0.4) is 0 Å². The van der Waals surface area contributed by atoms with E-state index >= 15 is 0 Å². The van der Waals surface area contributed by atoms with Crippen LogP contribution in [0.2, 0.25) is 0 Å². The molecule has 0 radical (unpaired) electrons.